The summed E-state index contributed by atoms with van der Waals surface area (Å²) in [6, 6.07) is 0.759. The van der Waals surface area contributed by atoms with Gasteiger partial charge in [0, 0.05) is 12.0 Å². The minimum Gasteiger partial charge on any atom is -0.378 e. The summed E-state index contributed by atoms with van der Waals surface area (Å²) < 4.78 is 0. The molecule has 2 aliphatic rings. The molecule has 2 rings (SSSR count). The van der Waals surface area contributed by atoms with Crippen LogP contribution in [0, 0.1) is 5.92 Å². The Hall–Kier alpha value is -0.680. The molecule has 1 heteroatoms. The van der Waals surface area contributed by atoms with Crippen molar-refractivity contribution in [2.24, 2.45) is 5.92 Å². The molecule has 0 aromatic heterocycles. The fourth-order valence-electron chi connectivity index (χ4n) is 2.40. The Morgan fingerprint density at radius 1 is 1.17 bits per heavy atom. The van der Waals surface area contributed by atoms with Crippen LogP contribution in [0.1, 0.15) is 38.5 Å². The lowest BCUT2D eigenvalue weighted by molar-refractivity contribution is 0.245. The van der Waals surface area contributed by atoms with Crippen LogP contribution in [-0.2, 0) is 0 Å². The van der Waals surface area contributed by atoms with Gasteiger partial charge in [-0.05, 0) is 12.8 Å². The van der Waals surface area contributed by atoms with Crippen molar-refractivity contribution >= 4 is 0 Å². The molecule has 2 atom stereocenters. The summed E-state index contributed by atoms with van der Waals surface area (Å²) in [5.41, 5.74) is 4.28. The molecule has 1 aliphatic heterocycles. The van der Waals surface area contributed by atoms with E-state index in [0.717, 1.165) is 12.0 Å². The van der Waals surface area contributed by atoms with Crippen molar-refractivity contribution in [1.29, 1.82) is 0 Å². The number of hydrogen-bond acceptors (Lipinski definition) is 1. The summed E-state index contributed by atoms with van der Waals surface area (Å²) in [5.74, 6) is 0.780. The van der Waals surface area contributed by atoms with Crippen LogP contribution in [-0.4, -0.2) is 6.04 Å². The van der Waals surface area contributed by atoms with Crippen molar-refractivity contribution in [3.63, 3.8) is 0 Å². The van der Waals surface area contributed by atoms with Crippen molar-refractivity contribution in [2.45, 2.75) is 44.6 Å². The van der Waals surface area contributed by atoms with Crippen molar-refractivity contribution in [1.82, 2.24) is 5.32 Å². The van der Waals surface area contributed by atoms with E-state index in [-0.39, 0.29) is 0 Å². The lowest BCUT2D eigenvalue weighted by Crippen LogP contribution is -2.50. The van der Waals surface area contributed by atoms with Crippen LogP contribution in [0.3, 0.4) is 0 Å². The van der Waals surface area contributed by atoms with E-state index in [9.17, 15) is 0 Å². The SMILES string of the molecule is C=C=C1N[C@H]2CCCCCC[C@@H]12. The van der Waals surface area contributed by atoms with Gasteiger partial charge in [0.2, 0.25) is 0 Å². The summed E-state index contributed by atoms with van der Waals surface area (Å²) in [4.78, 5) is 0. The van der Waals surface area contributed by atoms with Crippen molar-refractivity contribution in [3.05, 3.63) is 18.0 Å². The predicted octanol–water partition coefficient (Wildman–Crippen LogP) is 2.60. The molecule has 0 aromatic rings. The Bertz CT molecular complexity index is 213. The highest BCUT2D eigenvalue weighted by atomic mass is 15.0. The molecule has 1 N–H and O–H groups in total. The van der Waals surface area contributed by atoms with E-state index in [4.69, 9.17) is 0 Å². The predicted molar refractivity (Wildman–Crippen MR) is 50.8 cm³/mol. The van der Waals surface area contributed by atoms with Crippen LogP contribution in [0.5, 0.6) is 0 Å². The van der Waals surface area contributed by atoms with Gasteiger partial charge >= 0.3 is 0 Å². The Balaban J connectivity index is 1.99. The van der Waals surface area contributed by atoms with Gasteiger partial charge in [0.15, 0.2) is 0 Å². The quantitative estimate of drug-likeness (QED) is 0.541. The van der Waals surface area contributed by atoms with Crippen LogP contribution >= 0.6 is 0 Å². The summed E-state index contributed by atoms with van der Waals surface area (Å²) >= 11 is 0. The van der Waals surface area contributed by atoms with Crippen LogP contribution < -0.4 is 5.32 Å². The largest absolute Gasteiger partial charge is 0.378 e. The normalized spacial score (nSPS) is 34.8. The highest BCUT2D eigenvalue weighted by molar-refractivity contribution is 5.17. The molecule has 0 bridgehead atoms. The van der Waals surface area contributed by atoms with Crippen molar-refractivity contribution in [2.75, 3.05) is 0 Å². The summed E-state index contributed by atoms with van der Waals surface area (Å²) in [6.45, 7) is 3.70. The minimum atomic E-state index is 0.759. The molecule has 1 nitrogen and oxygen atoms in total. The van der Waals surface area contributed by atoms with Crippen LogP contribution in [0.4, 0.5) is 0 Å². The summed E-state index contributed by atoms with van der Waals surface area (Å²) in [6.07, 6.45) is 8.36. The molecule has 66 valence electrons. The van der Waals surface area contributed by atoms with E-state index in [1.807, 2.05) is 0 Å². The van der Waals surface area contributed by atoms with Gasteiger partial charge in [0.25, 0.3) is 0 Å². The molecular formula is C11H17N. The topological polar surface area (TPSA) is 12.0 Å². The first-order chi connectivity index (χ1) is 5.92. The maximum Gasteiger partial charge on any atom is 0.0586 e. The molecule has 0 unspecified atom stereocenters. The molecule has 0 radical (unpaired) electrons. The van der Waals surface area contributed by atoms with Crippen LogP contribution in [0.25, 0.3) is 0 Å². The van der Waals surface area contributed by atoms with Gasteiger partial charge < -0.3 is 5.32 Å². The van der Waals surface area contributed by atoms with Gasteiger partial charge in [-0.25, -0.2) is 0 Å². The second-order valence-corrected chi connectivity index (χ2v) is 3.94. The molecule has 2 fully saturated rings. The van der Waals surface area contributed by atoms with Crippen LogP contribution in [0.15, 0.2) is 18.0 Å². The van der Waals surface area contributed by atoms with E-state index >= 15 is 0 Å². The number of rotatable bonds is 0. The number of fused-ring (bicyclic) bond motifs is 1. The first-order valence-electron chi connectivity index (χ1n) is 5.08. The molecule has 0 aromatic carbocycles. The fraction of sp³-hybridized carbons (Fsp3) is 0.727. The second-order valence-electron chi connectivity index (χ2n) is 3.94. The third kappa shape index (κ3) is 1.30. The van der Waals surface area contributed by atoms with Gasteiger partial charge in [-0.2, -0.15) is 0 Å². The Morgan fingerprint density at radius 3 is 2.67 bits per heavy atom. The molecule has 0 spiro atoms. The van der Waals surface area contributed by atoms with Gasteiger partial charge in [0.1, 0.15) is 0 Å². The molecule has 1 aliphatic carbocycles. The third-order valence-corrected chi connectivity index (χ3v) is 3.17. The Labute approximate surface area is 74.5 Å². The average molecular weight is 163 g/mol. The van der Waals surface area contributed by atoms with Gasteiger partial charge in [-0.15, -0.1) is 5.73 Å². The third-order valence-electron chi connectivity index (χ3n) is 3.17. The van der Waals surface area contributed by atoms with E-state index in [0.29, 0.717) is 0 Å². The second kappa shape index (κ2) is 3.37. The molecule has 0 amide bonds. The molecule has 1 saturated carbocycles. The van der Waals surface area contributed by atoms with Gasteiger partial charge in [-0.1, -0.05) is 32.3 Å². The zero-order chi connectivity index (χ0) is 8.39. The van der Waals surface area contributed by atoms with E-state index in [1.165, 1.54) is 44.2 Å². The fourth-order valence-corrected chi connectivity index (χ4v) is 2.40. The molecule has 1 heterocycles. The highest BCUT2D eigenvalue weighted by Crippen LogP contribution is 2.34. The maximum absolute atomic E-state index is 3.70. The number of nitrogens with one attached hydrogen (secondary N) is 1. The van der Waals surface area contributed by atoms with E-state index in [1.54, 1.807) is 0 Å². The first-order valence-corrected chi connectivity index (χ1v) is 5.08. The Morgan fingerprint density at radius 2 is 1.92 bits per heavy atom. The summed E-state index contributed by atoms with van der Waals surface area (Å²) in [7, 11) is 0. The summed E-state index contributed by atoms with van der Waals surface area (Å²) in [5, 5.41) is 3.44. The Kier molecular flexibility index (Phi) is 2.23. The van der Waals surface area contributed by atoms with Crippen molar-refractivity contribution in [3.8, 4) is 0 Å². The first kappa shape index (κ1) is 7.94. The van der Waals surface area contributed by atoms with Crippen molar-refractivity contribution < 1.29 is 0 Å². The van der Waals surface area contributed by atoms with Gasteiger partial charge in [-0.3, -0.25) is 0 Å². The van der Waals surface area contributed by atoms with Crippen LogP contribution in [0.2, 0.25) is 0 Å². The number of hydrogen-bond donors (Lipinski definition) is 1. The smallest absolute Gasteiger partial charge is 0.0586 e. The zero-order valence-electron chi connectivity index (χ0n) is 7.60. The van der Waals surface area contributed by atoms with E-state index < -0.39 is 0 Å². The van der Waals surface area contributed by atoms with Gasteiger partial charge in [0.05, 0.1) is 5.70 Å². The highest BCUT2D eigenvalue weighted by Gasteiger charge is 2.34. The minimum absolute atomic E-state index is 0.759. The monoisotopic (exact) mass is 163 g/mol. The molecule has 1 saturated heterocycles. The van der Waals surface area contributed by atoms with E-state index in [2.05, 4.69) is 17.6 Å². The molecule has 12 heavy (non-hydrogen) atoms. The average Bonchev–Trinajstić information content (AvgIpc) is 2.04. The zero-order valence-corrected chi connectivity index (χ0v) is 7.60. The standard InChI is InChI=1S/C11H17N/c1-2-10-9-7-5-3-4-6-8-11(9)12-10/h9,11-12H,1,3-8H2/t9-,11-/m0/s1. The maximum atomic E-state index is 3.70. The molecular weight excluding hydrogens is 146 g/mol. The lowest BCUT2D eigenvalue weighted by Gasteiger charge is -2.42. The lowest BCUT2D eigenvalue weighted by atomic mass is 9.79.